The van der Waals surface area contributed by atoms with Crippen molar-refractivity contribution in [3.63, 3.8) is 0 Å². The van der Waals surface area contributed by atoms with Gasteiger partial charge < -0.3 is 20.1 Å². The molecule has 0 aromatic heterocycles. The molecule has 0 radical (unpaired) electrons. The molecule has 0 aliphatic carbocycles. The molecule has 22 heavy (non-hydrogen) atoms. The summed E-state index contributed by atoms with van der Waals surface area (Å²) in [7, 11) is 3.12. The maximum atomic E-state index is 11.9. The number of benzene rings is 2. The number of carbonyl (C=O) groups excluding carboxylic acids is 1. The lowest BCUT2D eigenvalue weighted by Crippen LogP contribution is -2.28. The highest BCUT2D eigenvalue weighted by Gasteiger charge is 2.07. The lowest BCUT2D eigenvalue weighted by Gasteiger charge is -2.11. The summed E-state index contributed by atoms with van der Waals surface area (Å²) < 4.78 is 11.3. The van der Waals surface area contributed by atoms with Gasteiger partial charge >= 0.3 is 6.03 Å². The van der Waals surface area contributed by atoms with Crippen molar-refractivity contribution in [3.05, 3.63) is 52.5 Å². The molecule has 6 heteroatoms. The highest BCUT2D eigenvalue weighted by molar-refractivity contribution is 9.10. The molecule has 0 atom stereocenters. The number of halogens is 1. The van der Waals surface area contributed by atoms with Gasteiger partial charge in [0.1, 0.15) is 0 Å². The van der Waals surface area contributed by atoms with E-state index in [1.807, 2.05) is 24.3 Å². The number of amides is 2. The highest BCUT2D eigenvalue weighted by atomic mass is 79.9. The average molecular weight is 365 g/mol. The van der Waals surface area contributed by atoms with Gasteiger partial charge in [-0.25, -0.2) is 4.79 Å². The Morgan fingerprint density at radius 3 is 2.55 bits per heavy atom. The predicted octanol–water partition coefficient (Wildman–Crippen LogP) is 3.79. The fourth-order valence-electron chi connectivity index (χ4n) is 1.92. The standard InChI is InChI=1S/C16H17BrN2O3/c1-21-14-7-6-13(9-15(14)22-2)19-16(20)18-10-11-4-3-5-12(17)8-11/h3-9H,10H2,1-2H3,(H2,18,19,20). The number of hydrogen-bond donors (Lipinski definition) is 2. The van der Waals surface area contributed by atoms with E-state index in [0.717, 1.165) is 10.0 Å². The smallest absolute Gasteiger partial charge is 0.319 e. The second kappa shape index (κ2) is 7.70. The van der Waals surface area contributed by atoms with Crippen molar-refractivity contribution in [1.29, 1.82) is 0 Å². The van der Waals surface area contributed by atoms with Gasteiger partial charge in [0.2, 0.25) is 0 Å². The Morgan fingerprint density at radius 2 is 1.86 bits per heavy atom. The van der Waals surface area contributed by atoms with Crippen LogP contribution in [0, 0.1) is 0 Å². The Hall–Kier alpha value is -2.21. The zero-order valence-corrected chi connectivity index (χ0v) is 13.9. The van der Waals surface area contributed by atoms with Crippen LogP contribution in [-0.2, 0) is 6.54 Å². The van der Waals surface area contributed by atoms with Gasteiger partial charge in [-0.05, 0) is 29.8 Å². The molecule has 0 aliphatic heterocycles. The number of hydrogen-bond acceptors (Lipinski definition) is 3. The minimum Gasteiger partial charge on any atom is -0.493 e. The molecule has 116 valence electrons. The van der Waals surface area contributed by atoms with Crippen LogP contribution in [0.3, 0.4) is 0 Å². The number of methoxy groups -OCH3 is 2. The van der Waals surface area contributed by atoms with Crippen LogP contribution in [0.15, 0.2) is 46.9 Å². The summed E-state index contributed by atoms with van der Waals surface area (Å²) in [6.07, 6.45) is 0. The molecule has 5 nitrogen and oxygen atoms in total. The Labute approximate surface area is 137 Å². The van der Waals surface area contributed by atoms with Crippen LogP contribution in [-0.4, -0.2) is 20.3 Å². The van der Waals surface area contributed by atoms with E-state index in [4.69, 9.17) is 9.47 Å². The number of rotatable bonds is 5. The van der Waals surface area contributed by atoms with Crippen molar-refractivity contribution in [2.45, 2.75) is 6.54 Å². The van der Waals surface area contributed by atoms with Gasteiger partial charge in [-0.2, -0.15) is 0 Å². The summed E-state index contributed by atoms with van der Waals surface area (Å²) in [6.45, 7) is 0.443. The van der Waals surface area contributed by atoms with E-state index in [9.17, 15) is 4.79 Å². The SMILES string of the molecule is COc1ccc(NC(=O)NCc2cccc(Br)c2)cc1OC. The van der Waals surface area contributed by atoms with Crippen molar-refractivity contribution in [2.75, 3.05) is 19.5 Å². The Balaban J connectivity index is 1.94. The van der Waals surface area contributed by atoms with Gasteiger partial charge in [0, 0.05) is 22.8 Å². The van der Waals surface area contributed by atoms with E-state index < -0.39 is 0 Å². The largest absolute Gasteiger partial charge is 0.493 e. The average Bonchev–Trinajstić information content (AvgIpc) is 2.53. The first-order valence-corrected chi connectivity index (χ1v) is 7.43. The maximum Gasteiger partial charge on any atom is 0.319 e. The Bertz CT molecular complexity index is 662. The fourth-order valence-corrected chi connectivity index (χ4v) is 2.37. The van der Waals surface area contributed by atoms with Gasteiger partial charge in [0.05, 0.1) is 14.2 Å². The van der Waals surface area contributed by atoms with E-state index in [1.54, 1.807) is 32.4 Å². The van der Waals surface area contributed by atoms with Gasteiger partial charge in [-0.3, -0.25) is 0 Å². The second-order valence-corrected chi connectivity index (χ2v) is 5.42. The van der Waals surface area contributed by atoms with Crippen LogP contribution >= 0.6 is 15.9 Å². The van der Waals surface area contributed by atoms with Crippen LogP contribution in [0.4, 0.5) is 10.5 Å². The minimum absolute atomic E-state index is 0.285. The quantitative estimate of drug-likeness (QED) is 0.848. The first-order valence-electron chi connectivity index (χ1n) is 6.63. The first kappa shape index (κ1) is 16.2. The van der Waals surface area contributed by atoms with Gasteiger partial charge in [0.15, 0.2) is 11.5 Å². The summed E-state index contributed by atoms with van der Waals surface area (Å²) >= 11 is 3.40. The number of ether oxygens (including phenoxy) is 2. The van der Waals surface area contributed by atoms with Crippen molar-refractivity contribution in [2.24, 2.45) is 0 Å². The third kappa shape index (κ3) is 4.39. The molecule has 2 N–H and O–H groups in total. The van der Waals surface area contributed by atoms with Gasteiger partial charge in [-0.1, -0.05) is 28.1 Å². The van der Waals surface area contributed by atoms with E-state index in [2.05, 4.69) is 26.6 Å². The third-order valence-electron chi connectivity index (χ3n) is 2.98. The number of urea groups is 1. The van der Waals surface area contributed by atoms with Crippen molar-refractivity contribution in [1.82, 2.24) is 5.32 Å². The van der Waals surface area contributed by atoms with Crippen LogP contribution in [0.2, 0.25) is 0 Å². The van der Waals surface area contributed by atoms with Crippen LogP contribution in [0.1, 0.15) is 5.56 Å². The van der Waals surface area contributed by atoms with Crippen molar-refractivity contribution >= 4 is 27.6 Å². The summed E-state index contributed by atoms with van der Waals surface area (Å²) in [5.41, 5.74) is 1.64. The number of nitrogens with one attached hydrogen (secondary N) is 2. The number of anilines is 1. The third-order valence-corrected chi connectivity index (χ3v) is 3.48. The molecule has 0 unspecified atom stereocenters. The molecule has 0 saturated carbocycles. The molecule has 0 spiro atoms. The van der Waals surface area contributed by atoms with Gasteiger partial charge in [0.25, 0.3) is 0 Å². The predicted molar refractivity (Wildman–Crippen MR) is 89.5 cm³/mol. The van der Waals surface area contributed by atoms with E-state index in [0.29, 0.717) is 23.7 Å². The zero-order chi connectivity index (χ0) is 15.9. The lowest BCUT2D eigenvalue weighted by atomic mass is 10.2. The normalized spacial score (nSPS) is 9.95. The van der Waals surface area contributed by atoms with E-state index in [1.165, 1.54) is 0 Å². The van der Waals surface area contributed by atoms with E-state index >= 15 is 0 Å². The van der Waals surface area contributed by atoms with Gasteiger partial charge in [-0.15, -0.1) is 0 Å². The summed E-state index contributed by atoms with van der Waals surface area (Å²) in [6, 6.07) is 12.7. The molecule has 2 aromatic carbocycles. The molecule has 0 saturated heterocycles. The first-order chi connectivity index (χ1) is 10.6. The Kier molecular flexibility index (Phi) is 5.66. The van der Waals surface area contributed by atoms with Crippen molar-refractivity contribution in [3.8, 4) is 11.5 Å². The molecular weight excluding hydrogens is 348 g/mol. The molecule has 0 heterocycles. The van der Waals surface area contributed by atoms with Crippen LogP contribution in [0.25, 0.3) is 0 Å². The van der Waals surface area contributed by atoms with Crippen molar-refractivity contribution < 1.29 is 14.3 Å². The summed E-state index contributed by atoms with van der Waals surface area (Å²) in [5.74, 6) is 1.18. The summed E-state index contributed by atoms with van der Waals surface area (Å²) in [4.78, 5) is 11.9. The molecule has 2 rings (SSSR count). The molecule has 0 fully saturated rings. The topological polar surface area (TPSA) is 59.6 Å². The molecule has 2 amide bonds. The number of carbonyl (C=O) groups is 1. The second-order valence-electron chi connectivity index (χ2n) is 4.51. The lowest BCUT2D eigenvalue weighted by molar-refractivity contribution is 0.251. The zero-order valence-electron chi connectivity index (χ0n) is 12.4. The molecule has 0 aliphatic rings. The maximum absolute atomic E-state index is 11.9. The van der Waals surface area contributed by atoms with Crippen LogP contribution < -0.4 is 20.1 Å². The monoisotopic (exact) mass is 364 g/mol. The van der Waals surface area contributed by atoms with Crippen LogP contribution in [0.5, 0.6) is 11.5 Å². The molecule has 2 aromatic rings. The summed E-state index contributed by atoms with van der Waals surface area (Å²) in [5, 5.41) is 5.55. The fraction of sp³-hybridized carbons (Fsp3) is 0.188. The Morgan fingerprint density at radius 1 is 1.09 bits per heavy atom. The molecule has 0 bridgehead atoms. The highest BCUT2D eigenvalue weighted by Crippen LogP contribution is 2.29. The molecular formula is C16H17BrN2O3. The van der Waals surface area contributed by atoms with E-state index in [-0.39, 0.29) is 6.03 Å². The minimum atomic E-state index is -0.285.